The Bertz CT molecular complexity index is 367. The second-order valence-electron chi connectivity index (χ2n) is 3.93. The van der Waals surface area contributed by atoms with Crippen LogP contribution in [0.3, 0.4) is 0 Å². The smallest absolute Gasteiger partial charge is 0.170 e. The lowest BCUT2D eigenvalue weighted by molar-refractivity contribution is -0.325. The molecule has 1 aromatic rings. The summed E-state index contributed by atoms with van der Waals surface area (Å²) in [5, 5.41) is 0. The van der Waals surface area contributed by atoms with E-state index in [1.54, 1.807) is 18.2 Å². The van der Waals surface area contributed by atoms with Crippen molar-refractivity contribution < 1.29 is 26.3 Å². The van der Waals surface area contributed by atoms with Crippen LogP contribution in [0.5, 0.6) is 0 Å². The minimum Gasteiger partial charge on any atom is -0.170 e. The Kier molecular flexibility index (Phi) is 4.25. The molecule has 0 saturated heterocycles. The van der Waals surface area contributed by atoms with Crippen molar-refractivity contribution in [3.8, 4) is 0 Å². The Hall–Kier alpha value is -0.850. The molecule has 0 bridgehead atoms. The zero-order valence-corrected chi connectivity index (χ0v) is 10.1. The summed E-state index contributed by atoms with van der Waals surface area (Å²) in [5.41, 5.74) is -3.71. The number of hydrogen-bond donors (Lipinski definition) is 0. The molecule has 0 amide bonds. The van der Waals surface area contributed by atoms with Gasteiger partial charge >= 0.3 is 12.4 Å². The van der Waals surface area contributed by atoms with Gasteiger partial charge in [-0.25, -0.2) is 0 Å². The number of rotatable bonds is 3. The Morgan fingerprint density at radius 2 is 1.33 bits per heavy atom. The summed E-state index contributed by atoms with van der Waals surface area (Å²) in [5.74, 6) is -1.09. The van der Waals surface area contributed by atoms with Gasteiger partial charge in [-0.2, -0.15) is 26.3 Å². The van der Waals surface area contributed by atoms with Gasteiger partial charge in [-0.1, -0.05) is 18.2 Å². The fourth-order valence-corrected chi connectivity index (χ4v) is 2.20. The van der Waals surface area contributed by atoms with Crippen LogP contribution in [0.2, 0.25) is 0 Å². The van der Waals surface area contributed by atoms with E-state index < -0.39 is 23.5 Å². The molecule has 0 aliphatic heterocycles. The zero-order chi connectivity index (χ0) is 14.0. The molecule has 0 atom stereocenters. The van der Waals surface area contributed by atoms with Gasteiger partial charge in [-0.05, 0) is 19.1 Å². The molecular formula is C11H10F6S. The van der Waals surface area contributed by atoms with Gasteiger partial charge in [0.1, 0.15) is 0 Å². The quantitative estimate of drug-likeness (QED) is 0.562. The first-order chi connectivity index (χ1) is 8.08. The van der Waals surface area contributed by atoms with Gasteiger partial charge in [0.15, 0.2) is 5.41 Å². The van der Waals surface area contributed by atoms with Crippen molar-refractivity contribution in [3.63, 3.8) is 0 Å². The molecule has 7 heteroatoms. The third kappa shape index (κ3) is 3.13. The number of halogens is 6. The number of benzene rings is 1. The number of hydrogen-bond acceptors (Lipinski definition) is 1. The summed E-state index contributed by atoms with van der Waals surface area (Å²) < 4.78 is 75.4. The van der Waals surface area contributed by atoms with Crippen LogP contribution in [0, 0.1) is 5.41 Å². The van der Waals surface area contributed by atoms with E-state index in [4.69, 9.17) is 0 Å². The highest BCUT2D eigenvalue weighted by atomic mass is 32.2. The second kappa shape index (κ2) is 5.03. The fourth-order valence-electron chi connectivity index (χ4n) is 1.07. The first-order valence-corrected chi connectivity index (χ1v) is 5.88. The average molecular weight is 288 g/mol. The van der Waals surface area contributed by atoms with E-state index in [9.17, 15) is 26.3 Å². The van der Waals surface area contributed by atoms with Gasteiger partial charge in [0.2, 0.25) is 0 Å². The summed E-state index contributed by atoms with van der Waals surface area (Å²) >= 11 is 0.541. The highest BCUT2D eigenvalue weighted by Crippen LogP contribution is 2.52. The molecule has 18 heavy (non-hydrogen) atoms. The van der Waals surface area contributed by atoms with E-state index >= 15 is 0 Å². The summed E-state index contributed by atoms with van der Waals surface area (Å²) in [6.45, 7) is 0.183. The molecule has 0 saturated carbocycles. The maximum atomic E-state index is 12.6. The van der Waals surface area contributed by atoms with Crippen LogP contribution in [-0.2, 0) is 0 Å². The molecule has 0 fully saturated rings. The van der Waals surface area contributed by atoms with E-state index in [2.05, 4.69) is 0 Å². The normalized spacial score (nSPS) is 13.7. The standard InChI is InChI=1S/C11H10F6S/c1-9(10(12,13)14,11(15,16)17)7-18-8-5-3-2-4-6-8/h2-6H,7H2,1H3. The second-order valence-corrected chi connectivity index (χ2v) is 4.98. The largest absolute Gasteiger partial charge is 0.403 e. The Balaban J connectivity index is 2.89. The van der Waals surface area contributed by atoms with Crippen molar-refractivity contribution in [2.45, 2.75) is 24.2 Å². The van der Waals surface area contributed by atoms with Crippen LogP contribution >= 0.6 is 11.8 Å². The number of thioether (sulfide) groups is 1. The highest BCUT2D eigenvalue weighted by Gasteiger charge is 2.67. The molecule has 0 radical (unpaired) electrons. The predicted molar refractivity (Wildman–Crippen MR) is 57.4 cm³/mol. The molecule has 0 N–H and O–H groups in total. The van der Waals surface area contributed by atoms with E-state index in [-0.39, 0.29) is 6.92 Å². The monoisotopic (exact) mass is 288 g/mol. The highest BCUT2D eigenvalue weighted by molar-refractivity contribution is 7.99. The molecule has 0 aromatic heterocycles. The Morgan fingerprint density at radius 3 is 1.72 bits per heavy atom. The van der Waals surface area contributed by atoms with Gasteiger partial charge < -0.3 is 0 Å². The van der Waals surface area contributed by atoms with Gasteiger partial charge in [-0.3, -0.25) is 0 Å². The average Bonchev–Trinajstić information content (AvgIpc) is 2.24. The first kappa shape index (κ1) is 15.2. The fraction of sp³-hybridized carbons (Fsp3) is 0.455. The SMILES string of the molecule is CC(CSc1ccccc1)(C(F)(F)F)C(F)(F)F. The van der Waals surface area contributed by atoms with Crippen LogP contribution in [0.4, 0.5) is 26.3 Å². The molecule has 0 nitrogen and oxygen atoms in total. The Morgan fingerprint density at radius 1 is 0.889 bits per heavy atom. The predicted octanol–water partition coefficient (Wildman–Crippen LogP) is 4.91. The van der Waals surface area contributed by atoms with E-state index in [1.165, 1.54) is 12.1 Å². The number of alkyl halides is 6. The van der Waals surface area contributed by atoms with Gasteiger partial charge in [-0.15, -0.1) is 11.8 Å². The molecular weight excluding hydrogens is 278 g/mol. The molecule has 0 heterocycles. The zero-order valence-electron chi connectivity index (χ0n) is 9.27. The lowest BCUT2D eigenvalue weighted by atomic mass is 9.92. The Labute approximate surface area is 104 Å². The molecule has 0 unspecified atom stereocenters. The lowest BCUT2D eigenvalue weighted by Crippen LogP contribution is -2.49. The summed E-state index contributed by atoms with van der Waals surface area (Å²) in [6.07, 6.45) is -10.7. The molecule has 0 aliphatic carbocycles. The van der Waals surface area contributed by atoms with Crippen LogP contribution in [-0.4, -0.2) is 18.1 Å². The van der Waals surface area contributed by atoms with Crippen LogP contribution in [0.15, 0.2) is 35.2 Å². The maximum absolute atomic E-state index is 12.6. The van der Waals surface area contributed by atoms with Crippen molar-refractivity contribution in [2.75, 3.05) is 5.75 Å². The third-order valence-electron chi connectivity index (χ3n) is 2.52. The van der Waals surface area contributed by atoms with Gasteiger partial charge in [0.25, 0.3) is 0 Å². The van der Waals surface area contributed by atoms with Crippen molar-refractivity contribution in [1.82, 2.24) is 0 Å². The van der Waals surface area contributed by atoms with Crippen molar-refractivity contribution >= 4 is 11.8 Å². The van der Waals surface area contributed by atoms with Crippen LogP contribution < -0.4 is 0 Å². The summed E-state index contributed by atoms with van der Waals surface area (Å²) in [7, 11) is 0. The lowest BCUT2D eigenvalue weighted by Gasteiger charge is -2.33. The summed E-state index contributed by atoms with van der Waals surface area (Å²) in [4.78, 5) is 0.372. The van der Waals surface area contributed by atoms with Crippen molar-refractivity contribution in [1.29, 1.82) is 0 Å². The molecule has 0 spiro atoms. The molecule has 102 valence electrons. The minimum absolute atomic E-state index is 0.183. The molecule has 1 rings (SSSR count). The molecule has 1 aromatic carbocycles. The van der Waals surface area contributed by atoms with Gasteiger partial charge in [0, 0.05) is 10.6 Å². The van der Waals surface area contributed by atoms with E-state index in [0.717, 1.165) is 0 Å². The first-order valence-electron chi connectivity index (χ1n) is 4.89. The maximum Gasteiger partial charge on any atom is 0.403 e. The van der Waals surface area contributed by atoms with Crippen molar-refractivity contribution in [3.05, 3.63) is 30.3 Å². The topological polar surface area (TPSA) is 0 Å². The van der Waals surface area contributed by atoms with Crippen LogP contribution in [0.1, 0.15) is 6.92 Å². The van der Waals surface area contributed by atoms with Crippen LogP contribution in [0.25, 0.3) is 0 Å². The third-order valence-corrected chi connectivity index (χ3v) is 3.85. The van der Waals surface area contributed by atoms with Crippen molar-refractivity contribution in [2.24, 2.45) is 5.41 Å². The summed E-state index contributed by atoms with van der Waals surface area (Å²) in [6, 6.07) is 7.69. The minimum atomic E-state index is -5.33. The molecule has 0 aliphatic rings. The van der Waals surface area contributed by atoms with E-state index in [0.29, 0.717) is 16.7 Å². The van der Waals surface area contributed by atoms with E-state index in [1.807, 2.05) is 0 Å². The van der Waals surface area contributed by atoms with Gasteiger partial charge in [0.05, 0.1) is 0 Å².